The van der Waals surface area contributed by atoms with Gasteiger partial charge in [0.25, 0.3) is 0 Å². The number of aliphatic hydroxyl groups is 2. The highest BCUT2D eigenvalue weighted by atomic mass is 19.1. The normalized spacial score (nSPS) is 26.9. The van der Waals surface area contributed by atoms with E-state index in [9.17, 15) is 19.4 Å². The summed E-state index contributed by atoms with van der Waals surface area (Å²) in [5.41, 5.74) is -3.52. The maximum atomic E-state index is 15.5. The molecule has 0 spiro atoms. The summed E-state index contributed by atoms with van der Waals surface area (Å²) in [6.07, 6.45) is 6.06. The third kappa shape index (κ3) is 7.92. The Morgan fingerprint density at radius 3 is 2.60 bits per heavy atom. The van der Waals surface area contributed by atoms with Crippen LogP contribution >= 0.6 is 0 Å². The van der Waals surface area contributed by atoms with Crippen molar-refractivity contribution >= 4 is 5.97 Å². The molecule has 30 heavy (non-hydrogen) atoms. The molecule has 6 heteroatoms. The van der Waals surface area contributed by atoms with E-state index in [1.807, 2.05) is 0 Å². The SMILES string of the molecule is C=C(CCCC[C@H]1[C@@H](O)CC[C@]1(F)CCC(O)CCCCC)C(C)(F)C(=O)OCC. The second kappa shape index (κ2) is 12.7. The van der Waals surface area contributed by atoms with Crippen LogP contribution in [0.25, 0.3) is 0 Å². The Balaban J connectivity index is 2.46. The summed E-state index contributed by atoms with van der Waals surface area (Å²) in [7, 11) is 0. The van der Waals surface area contributed by atoms with Crippen molar-refractivity contribution in [1.82, 2.24) is 0 Å². The number of aliphatic hydroxyl groups excluding tert-OH is 2. The van der Waals surface area contributed by atoms with Crippen LogP contribution < -0.4 is 0 Å². The zero-order valence-corrected chi connectivity index (χ0v) is 19.1. The monoisotopic (exact) mass is 432 g/mol. The van der Waals surface area contributed by atoms with E-state index in [1.54, 1.807) is 6.92 Å². The van der Waals surface area contributed by atoms with Crippen molar-refractivity contribution < 1.29 is 28.5 Å². The number of ether oxygens (including phenoxy) is 1. The van der Waals surface area contributed by atoms with Crippen LogP contribution in [-0.2, 0) is 9.53 Å². The molecule has 4 nitrogen and oxygen atoms in total. The van der Waals surface area contributed by atoms with Gasteiger partial charge >= 0.3 is 5.97 Å². The molecule has 0 aromatic carbocycles. The molecule has 0 aliphatic heterocycles. The van der Waals surface area contributed by atoms with Crippen LogP contribution in [0.3, 0.4) is 0 Å². The summed E-state index contributed by atoms with van der Waals surface area (Å²) >= 11 is 0. The van der Waals surface area contributed by atoms with Crippen LogP contribution in [-0.4, -0.2) is 46.3 Å². The zero-order chi connectivity index (χ0) is 22.8. The Bertz CT molecular complexity index is 537. The van der Waals surface area contributed by atoms with Crippen LogP contribution in [0.15, 0.2) is 12.2 Å². The average Bonchev–Trinajstić information content (AvgIpc) is 2.98. The fourth-order valence-electron chi connectivity index (χ4n) is 4.41. The largest absolute Gasteiger partial charge is 0.463 e. The molecule has 1 saturated carbocycles. The lowest BCUT2D eigenvalue weighted by Gasteiger charge is -2.30. The standard InChI is InChI=1S/C24H42F2O4/c1-5-7-8-12-19(27)14-16-24(26)17-15-21(28)20(24)13-10-9-11-18(3)23(4,25)22(29)30-6-2/h19-21,27-28H,3,5-17H2,1-2,4H3/t19?,20-,21-,23?,24+/m0/s1. The number of unbranched alkanes of at least 4 members (excludes halogenated alkanes) is 3. The zero-order valence-electron chi connectivity index (χ0n) is 19.1. The van der Waals surface area contributed by atoms with E-state index in [1.165, 1.54) is 0 Å². The van der Waals surface area contributed by atoms with Gasteiger partial charge in [-0.15, -0.1) is 0 Å². The Labute approximate surface area is 181 Å². The van der Waals surface area contributed by atoms with Gasteiger partial charge in [0, 0.05) is 5.92 Å². The topological polar surface area (TPSA) is 66.8 Å². The fourth-order valence-corrected chi connectivity index (χ4v) is 4.41. The summed E-state index contributed by atoms with van der Waals surface area (Å²) in [5.74, 6) is -1.39. The molecule has 0 saturated heterocycles. The molecule has 0 aromatic rings. The molecule has 1 fully saturated rings. The molecule has 0 radical (unpaired) electrons. The highest BCUT2D eigenvalue weighted by Crippen LogP contribution is 2.45. The van der Waals surface area contributed by atoms with E-state index in [0.717, 1.165) is 26.2 Å². The van der Waals surface area contributed by atoms with Crippen molar-refractivity contribution in [3.63, 3.8) is 0 Å². The second-order valence-electron chi connectivity index (χ2n) is 9.01. The minimum absolute atomic E-state index is 0.108. The molecule has 0 aromatic heterocycles. The van der Waals surface area contributed by atoms with Crippen molar-refractivity contribution in [1.29, 1.82) is 0 Å². The van der Waals surface area contributed by atoms with Crippen molar-refractivity contribution in [3.05, 3.63) is 12.2 Å². The van der Waals surface area contributed by atoms with Crippen LogP contribution in [0.5, 0.6) is 0 Å². The van der Waals surface area contributed by atoms with Crippen molar-refractivity contribution in [2.45, 2.75) is 121 Å². The third-order valence-electron chi connectivity index (χ3n) is 6.59. The number of esters is 1. The Hall–Kier alpha value is -1.01. The lowest BCUT2D eigenvalue weighted by molar-refractivity contribution is -0.153. The highest BCUT2D eigenvalue weighted by molar-refractivity contribution is 5.82. The molecule has 1 rings (SSSR count). The first-order chi connectivity index (χ1) is 14.1. The predicted octanol–water partition coefficient (Wildman–Crippen LogP) is 5.59. The molecular weight excluding hydrogens is 390 g/mol. The molecule has 0 heterocycles. The van der Waals surface area contributed by atoms with E-state index >= 15 is 4.39 Å². The van der Waals surface area contributed by atoms with Crippen LogP contribution in [0, 0.1) is 5.92 Å². The lowest BCUT2D eigenvalue weighted by Crippen LogP contribution is -2.34. The Morgan fingerprint density at radius 2 is 1.97 bits per heavy atom. The molecule has 0 amide bonds. The molecule has 1 aliphatic carbocycles. The number of hydrogen-bond donors (Lipinski definition) is 2. The molecule has 1 aliphatic rings. The van der Waals surface area contributed by atoms with Gasteiger partial charge < -0.3 is 14.9 Å². The van der Waals surface area contributed by atoms with Gasteiger partial charge in [-0.05, 0) is 70.8 Å². The van der Waals surface area contributed by atoms with Crippen molar-refractivity contribution in [3.8, 4) is 0 Å². The second-order valence-corrected chi connectivity index (χ2v) is 9.01. The van der Waals surface area contributed by atoms with Gasteiger partial charge in [0.15, 0.2) is 0 Å². The number of alkyl halides is 2. The molecule has 2 N–H and O–H groups in total. The maximum Gasteiger partial charge on any atom is 0.347 e. The fraction of sp³-hybridized carbons (Fsp3) is 0.875. The maximum absolute atomic E-state index is 15.5. The summed E-state index contributed by atoms with van der Waals surface area (Å²) in [6.45, 7) is 8.69. The minimum Gasteiger partial charge on any atom is -0.463 e. The van der Waals surface area contributed by atoms with E-state index in [2.05, 4.69) is 13.5 Å². The number of hydrogen-bond acceptors (Lipinski definition) is 4. The van der Waals surface area contributed by atoms with E-state index < -0.39 is 35.4 Å². The molecule has 2 unspecified atom stereocenters. The summed E-state index contributed by atoms with van der Waals surface area (Å²) < 4.78 is 34.9. The first-order valence-electron chi connectivity index (χ1n) is 11.7. The number of carbonyl (C=O) groups is 1. The van der Waals surface area contributed by atoms with E-state index in [-0.39, 0.29) is 18.6 Å². The highest BCUT2D eigenvalue weighted by Gasteiger charge is 2.47. The molecule has 176 valence electrons. The van der Waals surface area contributed by atoms with Gasteiger partial charge in [-0.3, -0.25) is 0 Å². The third-order valence-corrected chi connectivity index (χ3v) is 6.59. The first kappa shape index (κ1) is 27.0. The van der Waals surface area contributed by atoms with Gasteiger partial charge in [0.2, 0.25) is 5.67 Å². The number of rotatable bonds is 15. The average molecular weight is 433 g/mol. The van der Waals surface area contributed by atoms with Crippen molar-refractivity contribution in [2.24, 2.45) is 5.92 Å². The van der Waals surface area contributed by atoms with Crippen LogP contribution in [0.2, 0.25) is 0 Å². The van der Waals surface area contributed by atoms with Gasteiger partial charge in [-0.25, -0.2) is 13.6 Å². The summed E-state index contributed by atoms with van der Waals surface area (Å²) in [5, 5.41) is 20.4. The number of halogens is 2. The molecular formula is C24H42F2O4. The van der Waals surface area contributed by atoms with Gasteiger partial charge in [0.1, 0.15) is 5.67 Å². The molecule has 0 bridgehead atoms. The van der Waals surface area contributed by atoms with Crippen molar-refractivity contribution in [2.75, 3.05) is 6.61 Å². The first-order valence-corrected chi connectivity index (χ1v) is 11.7. The van der Waals surface area contributed by atoms with Crippen LogP contribution in [0.4, 0.5) is 8.78 Å². The lowest BCUT2D eigenvalue weighted by atomic mass is 9.82. The minimum atomic E-state index is -2.22. The van der Waals surface area contributed by atoms with Gasteiger partial charge in [-0.1, -0.05) is 39.2 Å². The van der Waals surface area contributed by atoms with Gasteiger partial charge in [0.05, 0.1) is 18.8 Å². The summed E-state index contributed by atoms with van der Waals surface area (Å²) in [6, 6.07) is 0. The van der Waals surface area contributed by atoms with E-state index in [0.29, 0.717) is 51.4 Å². The van der Waals surface area contributed by atoms with E-state index in [4.69, 9.17) is 4.74 Å². The smallest absolute Gasteiger partial charge is 0.347 e. The Morgan fingerprint density at radius 1 is 1.27 bits per heavy atom. The summed E-state index contributed by atoms with van der Waals surface area (Å²) in [4.78, 5) is 11.7. The van der Waals surface area contributed by atoms with Crippen LogP contribution in [0.1, 0.15) is 97.8 Å². The molecule has 5 atom stereocenters. The number of carbonyl (C=O) groups excluding carboxylic acids is 1. The Kier molecular flexibility index (Phi) is 11.5. The van der Waals surface area contributed by atoms with Gasteiger partial charge in [-0.2, -0.15) is 0 Å². The quantitative estimate of drug-likeness (QED) is 0.201. The predicted molar refractivity (Wildman–Crippen MR) is 116 cm³/mol.